The lowest BCUT2D eigenvalue weighted by molar-refractivity contribution is 0.0643. The van der Waals surface area contributed by atoms with Crippen LogP contribution in [0.3, 0.4) is 0 Å². The smallest absolute Gasteiger partial charge is 0.394 e. The van der Waals surface area contributed by atoms with Gasteiger partial charge in [-0.15, -0.1) is 0 Å². The Morgan fingerprint density at radius 1 is 1.50 bits per heavy atom. The van der Waals surface area contributed by atoms with E-state index in [1.165, 1.54) is 6.26 Å². The van der Waals surface area contributed by atoms with E-state index in [-0.39, 0.29) is 5.82 Å². The van der Waals surface area contributed by atoms with Gasteiger partial charge in [-0.25, -0.2) is 9.78 Å². The molecule has 0 aliphatic heterocycles. The molecule has 0 unspecified atom stereocenters. The number of hydrogen-bond acceptors (Lipinski definition) is 6. The van der Waals surface area contributed by atoms with E-state index in [0.717, 1.165) is 0 Å². The zero-order chi connectivity index (χ0) is 10.1. The van der Waals surface area contributed by atoms with Gasteiger partial charge in [0.25, 0.3) is 0 Å². The van der Waals surface area contributed by atoms with E-state index in [4.69, 9.17) is 9.52 Å². The van der Waals surface area contributed by atoms with Gasteiger partial charge in [0.2, 0.25) is 5.82 Å². The Balaban J connectivity index is 2.38. The molecule has 0 spiro atoms. The van der Waals surface area contributed by atoms with Crippen LogP contribution >= 0.6 is 0 Å². The fourth-order valence-corrected chi connectivity index (χ4v) is 0.881. The fraction of sp³-hybridized carbons (Fsp3) is 0.143. The van der Waals surface area contributed by atoms with Gasteiger partial charge < -0.3 is 14.0 Å². The summed E-state index contributed by atoms with van der Waals surface area (Å²) in [5.74, 6) is -1.20. The molecule has 0 saturated heterocycles. The number of carboxylic acid groups (broad SMARTS) is 1. The van der Waals surface area contributed by atoms with Crippen LogP contribution in [0, 0.1) is 6.92 Å². The molecule has 2 heterocycles. The summed E-state index contributed by atoms with van der Waals surface area (Å²) in [6.07, 6.45) is 1.33. The first-order valence-corrected chi connectivity index (χ1v) is 3.66. The number of carbonyl (C=O) groups is 1. The van der Waals surface area contributed by atoms with Gasteiger partial charge in [-0.1, -0.05) is 5.16 Å². The van der Waals surface area contributed by atoms with Crippen LogP contribution in [0.1, 0.15) is 16.6 Å². The van der Waals surface area contributed by atoms with Crippen molar-refractivity contribution in [1.29, 1.82) is 0 Å². The van der Waals surface area contributed by atoms with Crippen molar-refractivity contribution in [2.24, 2.45) is 0 Å². The summed E-state index contributed by atoms with van der Waals surface area (Å²) < 4.78 is 9.36. The molecule has 2 rings (SSSR count). The van der Waals surface area contributed by atoms with E-state index >= 15 is 0 Å². The van der Waals surface area contributed by atoms with Gasteiger partial charge in [0.15, 0.2) is 5.89 Å². The highest BCUT2D eigenvalue weighted by Crippen LogP contribution is 2.14. The predicted molar refractivity (Wildman–Crippen MR) is 41.5 cm³/mol. The summed E-state index contributed by atoms with van der Waals surface area (Å²) in [6, 6.07) is 0. The highest BCUT2D eigenvalue weighted by Gasteiger charge is 2.16. The van der Waals surface area contributed by atoms with Crippen molar-refractivity contribution in [3.8, 4) is 11.5 Å². The molecule has 7 heteroatoms. The van der Waals surface area contributed by atoms with Crippen molar-refractivity contribution in [1.82, 2.24) is 15.1 Å². The van der Waals surface area contributed by atoms with E-state index < -0.39 is 11.9 Å². The standard InChI is InChI=1S/C7H5N3O4/c1-3-8-4(2-13-3)5-9-6(7(11)12)14-10-5/h2H,1H3,(H,11,12). The van der Waals surface area contributed by atoms with Gasteiger partial charge >= 0.3 is 11.9 Å². The molecule has 2 aromatic rings. The largest absolute Gasteiger partial charge is 0.474 e. The number of aromatic nitrogens is 3. The maximum absolute atomic E-state index is 10.4. The highest BCUT2D eigenvalue weighted by molar-refractivity contribution is 5.82. The minimum atomic E-state index is -1.27. The normalized spacial score (nSPS) is 10.4. The Labute approximate surface area is 77.4 Å². The van der Waals surface area contributed by atoms with Gasteiger partial charge in [0.1, 0.15) is 12.0 Å². The molecule has 0 aromatic carbocycles. The topological polar surface area (TPSA) is 102 Å². The van der Waals surface area contributed by atoms with E-state index in [0.29, 0.717) is 11.6 Å². The minimum absolute atomic E-state index is 0.0965. The monoisotopic (exact) mass is 195 g/mol. The second-order valence-corrected chi connectivity index (χ2v) is 2.48. The van der Waals surface area contributed by atoms with Crippen LogP contribution in [0.5, 0.6) is 0 Å². The summed E-state index contributed by atoms with van der Waals surface area (Å²) in [4.78, 5) is 17.9. The lowest BCUT2D eigenvalue weighted by Crippen LogP contribution is -1.95. The number of aromatic carboxylic acids is 1. The Morgan fingerprint density at radius 3 is 2.79 bits per heavy atom. The first-order valence-electron chi connectivity index (χ1n) is 3.66. The molecule has 0 aliphatic carbocycles. The van der Waals surface area contributed by atoms with Crippen molar-refractivity contribution < 1.29 is 18.8 Å². The maximum Gasteiger partial charge on any atom is 0.394 e. The van der Waals surface area contributed by atoms with E-state index in [2.05, 4.69) is 19.6 Å². The number of aryl methyl sites for hydroxylation is 1. The lowest BCUT2D eigenvalue weighted by Gasteiger charge is -1.79. The SMILES string of the molecule is Cc1nc(-c2noc(C(=O)O)n2)co1. The van der Waals surface area contributed by atoms with Crippen LogP contribution in [0.2, 0.25) is 0 Å². The molecule has 0 atom stereocenters. The molecule has 0 fully saturated rings. The Kier molecular flexibility index (Phi) is 1.77. The van der Waals surface area contributed by atoms with Crippen molar-refractivity contribution in [2.75, 3.05) is 0 Å². The third kappa shape index (κ3) is 1.35. The molecular weight excluding hydrogens is 190 g/mol. The second-order valence-electron chi connectivity index (χ2n) is 2.48. The first-order chi connectivity index (χ1) is 6.66. The Hall–Kier alpha value is -2.18. The van der Waals surface area contributed by atoms with Crippen molar-refractivity contribution >= 4 is 5.97 Å². The quantitative estimate of drug-likeness (QED) is 0.753. The molecule has 2 aromatic heterocycles. The third-order valence-corrected chi connectivity index (χ3v) is 1.46. The summed E-state index contributed by atoms with van der Waals surface area (Å²) >= 11 is 0. The van der Waals surface area contributed by atoms with Gasteiger partial charge in [-0.05, 0) is 0 Å². The van der Waals surface area contributed by atoms with Crippen LogP contribution in [0.15, 0.2) is 15.2 Å². The van der Waals surface area contributed by atoms with Crippen LogP contribution in [0.4, 0.5) is 0 Å². The summed E-state index contributed by atoms with van der Waals surface area (Å²) in [5.41, 5.74) is 0.346. The van der Waals surface area contributed by atoms with Gasteiger partial charge in [-0.3, -0.25) is 0 Å². The van der Waals surface area contributed by atoms with Gasteiger partial charge in [0.05, 0.1) is 0 Å². The lowest BCUT2D eigenvalue weighted by atomic mass is 10.5. The highest BCUT2D eigenvalue weighted by atomic mass is 16.5. The molecule has 1 N–H and O–H groups in total. The number of nitrogens with zero attached hydrogens (tertiary/aromatic N) is 3. The maximum atomic E-state index is 10.4. The number of rotatable bonds is 2. The predicted octanol–water partition coefficient (Wildman–Crippen LogP) is 0.731. The summed E-state index contributed by atoms with van der Waals surface area (Å²) in [7, 11) is 0. The Morgan fingerprint density at radius 2 is 2.29 bits per heavy atom. The number of oxazole rings is 1. The molecule has 72 valence electrons. The average Bonchev–Trinajstić information content (AvgIpc) is 2.70. The molecule has 14 heavy (non-hydrogen) atoms. The van der Waals surface area contributed by atoms with Gasteiger partial charge in [0, 0.05) is 6.92 Å². The van der Waals surface area contributed by atoms with Crippen molar-refractivity contribution in [3.63, 3.8) is 0 Å². The van der Waals surface area contributed by atoms with E-state index in [1.54, 1.807) is 6.92 Å². The second kappa shape index (κ2) is 2.95. The van der Waals surface area contributed by atoms with Crippen molar-refractivity contribution in [3.05, 3.63) is 18.0 Å². The third-order valence-electron chi connectivity index (χ3n) is 1.46. The van der Waals surface area contributed by atoms with E-state index in [9.17, 15) is 4.79 Å². The van der Waals surface area contributed by atoms with E-state index in [1.807, 2.05) is 0 Å². The van der Waals surface area contributed by atoms with Crippen LogP contribution in [-0.2, 0) is 0 Å². The van der Waals surface area contributed by atoms with Gasteiger partial charge in [-0.2, -0.15) is 4.98 Å². The summed E-state index contributed by atoms with van der Waals surface area (Å²) in [6.45, 7) is 1.65. The number of hydrogen-bond donors (Lipinski definition) is 1. The molecule has 0 aliphatic rings. The minimum Gasteiger partial charge on any atom is -0.474 e. The van der Waals surface area contributed by atoms with Crippen LogP contribution in [0.25, 0.3) is 11.5 Å². The molecule has 0 amide bonds. The molecular formula is C7H5N3O4. The first kappa shape index (κ1) is 8.42. The van der Waals surface area contributed by atoms with Crippen LogP contribution < -0.4 is 0 Å². The van der Waals surface area contributed by atoms with Crippen LogP contribution in [-0.4, -0.2) is 26.2 Å². The molecule has 0 bridgehead atoms. The Bertz CT molecular complexity index is 473. The summed E-state index contributed by atoms with van der Waals surface area (Å²) in [5, 5.41) is 11.9. The number of carboxylic acids is 1. The molecule has 0 saturated carbocycles. The average molecular weight is 195 g/mol. The fourth-order valence-electron chi connectivity index (χ4n) is 0.881. The molecule has 7 nitrogen and oxygen atoms in total. The zero-order valence-corrected chi connectivity index (χ0v) is 7.09. The van der Waals surface area contributed by atoms with Crippen molar-refractivity contribution in [2.45, 2.75) is 6.92 Å². The molecule has 0 radical (unpaired) electrons. The zero-order valence-electron chi connectivity index (χ0n) is 7.09.